The van der Waals surface area contributed by atoms with Crippen molar-refractivity contribution in [2.45, 2.75) is 45.4 Å². The minimum atomic E-state index is -1.19. The van der Waals surface area contributed by atoms with Crippen LogP contribution >= 0.6 is 0 Å². The number of alkyl halides is 1. The molecule has 3 aromatic heterocycles. The summed E-state index contributed by atoms with van der Waals surface area (Å²) in [6.07, 6.45) is 4.38. The fourth-order valence-corrected chi connectivity index (χ4v) is 3.51. The van der Waals surface area contributed by atoms with Crippen molar-refractivity contribution in [3.05, 3.63) is 18.7 Å². The largest absolute Gasteiger partial charge is 0.349 e. The molecule has 1 saturated heterocycles. The average Bonchev–Trinajstić information content (AvgIpc) is 3.40. The second kappa shape index (κ2) is 7.88. The van der Waals surface area contributed by atoms with Crippen LogP contribution in [-0.4, -0.2) is 60.5 Å². The highest BCUT2D eigenvalue weighted by atomic mass is 19.1. The van der Waals surface area contributed by atoms with Crippen molar-refractivity contribution in [3.63, 3.8) is 0 Å². The number of nitrogens with one attached hydrogen (secondary N) is 2. The van der Waals surface area contributed by atoms with E-state index in [-0.39, 0.29) is 18.5 Å². The summed E-state index contributed by atoms with van der Waals surface area (Å²) in [4.78, 5) is 27.3. The Balaban J connectivity index is 1.71. The molecule has 0 spiro atoms. The van der Waals surface area contributed by atoms with Gasteiger partial charge in [0, 0.05) is 32.3 Å². The highest BCUT2D eigenvalue weighted by molar-refractivity contribution is 5.86. The fourth-order valence-electron chi connectivity index (χ4n) is 3.51. The first-order valence-corrected chi connectivity index (χ1v) is 10.0. The van der Waals surface area contributed by atoms with E-state index in [1.165, 1.54) is 0 Å². The number of nitrogens with zero attached hydrogens (tertiary/aromatic N) is 7. The Kier molecular flexibility index (Phi) is 5.27. The summed E-state index contributed by atoms with van der Waals surface area (Å²) in [7, 11) is 1.83. The van der Waals surface area contributed by atoms with Crippen LogP contribution in [0.3, 0.4) is 0 Å². The van der Waals surface area contributed by atoms with E-state index in [2.05, 4.69) is 30.7 Å². The molecule has 1 aliphatic heterocycles. The maximum atomic E-state index is 14.6. The second-order valence-corrected chi connectivity index (χ2v) is 7.77. The Morgan fingerprint density at radius 2 is 2.13 bits per heavy atom. The minimum absolute atomic E-state index is 0.113. The smallest absolute Gasteiger partial charge is 0.229 e. The fraction of sp³-hybridized carbons (Fsp3) is 0.526. The van der Waals surface area contributed by atoms with Gasteiger partial charge in [-0.2, -0.15) is 15.1 Å². The van der Waals surface area contributed by atoms with Gasteiger partial charge < -0.3 is 20.1 Å². The highest BCUT2D eigenvalue weighted by Gasteiger charge is 2.35. The van der Waals surface area contributed by atoms with Crippen LogP contribution in [0.25, 0.3) is 11.2 Å². The molecule has 0 saturated carbocycles. The Morgan fingerprint density at radius 3 is 2.80 bits per heavy atom. The normalized spacial score (nSPS) is 19.1. The molecule has 0 radical (unpaired) electrons. The van der Waals surface area contributed by atoms with Crippen LogP contribution in [0.4, 0.5) is 21.8 Å². The number of carbonyl (C=O) groups excluding carboxylic acids is 1. The average molecular weight is 415 g/mol. The predicted molar refractivity (Wildman–Crippen MR) is 112 cm³/mol. The number of carbonyl (C=O) groups is 1. The topological polar surface area (TPSA) is 106 Å². The number of imidazole rings is 1. The minimum Gasteiger partial charge on any atom is -0.349 e. The van der Waals surface area contributed by atoms with E-state index >= 15 is 0 Å². The van der Waals surface area contributed by atoms with Crippen LogP contribution < -0.4 is 15.5 Å². The first-order valence-electron chi connectivity index (χ1n) is 10.0. The number of aromatic nitrogens is 6. The summed E-state index contributed by atoms with van der Waals surface area (Å²) in [5.74, 6) is 0.753. The molecule has 30 heavy (non-hydrogen) atoms. The third kappa shape index (κ3) is 3.79. The maximum absolute atomic E-state index is 14.6. The van der Waals surface area contributed by atoms with Gasteiger partial charge in [0.15, 0.2) is 17.0 Å². The molecular formula is C19H26FN9O. The molecule has 4 rings (SSSR count). The van der Waals surface area contributed by atoms with Gasteiger partial charge in [0.05, 0.1) is 30.8 Å². The zero-order chi connectivity index (χ0) is 21.4. The van der Waals surface area contributed by atoms with Crippen molar-refractivity contribution in [2.75, 3.05) is 23.3 Å². The Labute approximate surface area is 173 Å². The van der Waals surface area contributed by atoms with Gasteiger partial charge in [0.25, 0.3) is 0 Å². The van der Waals surface area contributed by atoms with Gasteiger partial charge in [-0.15, -0.1) is 0 Å². The predicted octanol–water partition coefficient (Wildman–Crippen LogP) is 1.94. The van der Waals surface area contributed by atoms with E-state index in [0.717, 1.165) is 5.69 Å². The lowest BCUT2D eigenvalue weighted by atomic mass is 10.2. The van der Waals surface area contributed by atoms with Crippen molar-refractivity contribution >= 4 is 34.5 Å². The molecular weight excluding hydrogens is 389 g/mol. The lowest BCUT2D eigenvalue weighted by molar-refractivity contribution is -0.121. The van der Waals surface area contributed by atoms with Crippen molar-refractivity contribution < 1.29 is 9.18 Å². The molecule has 0 aliphatic carbocycles. The standard InChI is InChI=1S/C19H26FN9O/c1-5-15(30)24-14-9-28(8-13(14)20)19-25-17(23-12-6-22-27(4)7-12)16-18(26-19)29(10-21-16)11(2)3/h6-7,10-11,13-14H,5,8-9H2,1-4H3,(H,24,30)(H,23,25,26)/t13-,14-/m1/s1. The van der Waals surface area contributed by atoms with Crippen molar-refractivity contribution in [3.8, 4) is 0 Å². The number of aryl methyl sites for hydroxylation is 1. The Bertz CT molecular complexity index is 1060. The number of hydrogen-bond donors (Lipinski definition) is 2. The number of anilines is 3. The van der Waals surface area contributed by atoms with E-state index in [1.54, 1.807) is 29.0 Å². The van der Waals surface area contributed by atoms with E-state index < -0.39 is 12.2 Å². The molecule has 0 unspecified atom stereocenters. The summed E-state index contributed by atoms with van der Waals surface area (Å²) in [6, 6.07) is -0.436. The van der Waals surface area contributed by atoms with Gasteiger partial charge in [0.2, 0.25) is 11.9 Å². The molecule has 4 heterocycles. The lowest BCUT2D eigenvalue weighted by Crippen LogP contribution is -2.41. The third-order valence-electron chi connectivity index (χ3n) is 5.13. The Morgan fingerprint density at radius 1 is 1.33 bits per heavy atom. The molecule has 10 nitrogen and oxygen atoms in total. The number of amides is 1. The summed E-state index contributed by atoms with van der Waals surface area (Å²) < 4.78 is 18.2. The van der Waals surface area contributed by atoms with E-state index in [0.29, 0.717) is 35.9 Å². The summed E-state index contributed by atoms with van der Waals surface area (Å²) in [5, 5.41) is 10.2. The summed E-state index contributed by atoms with van der Waals surface area (Å²) in [6.45, 7) is 6.25. The molecule has 0 bridgehead atoms. The monoisotopic (exact) mass is 415 g/mol. The number of rotatable bonds is 6. The molecule has 1 fully saturated rings. The number of fused-ring (bicyclic) bond motifs is 1. The third-order valence-corrected chi connectivity index (χ3v) is 5.13. The van der Waals surface area contributed by atoms with Crippen LogP contribution in [0.15, 0.2) is 18.7 Å². The van der Waals surface area contributed by atoms with Crippen LogP contribution in [0.1, 0.15) is 33.2 Å². The first-order chi connectivity index (χ1) is 14.4. The van der Waals surface area contributed by atoms with Gasteiger partial charge in [-0.3, -0.25) is 9.48 Å². The SMILES string of the molecule is CCC(=O)N[C@@H]1CN(c2nc(Nc3cnn(C)c3)c3ncn(C(C)C)c3n2)C[C@H]1F. The molecule has 11 heteroatoms. The number of hydrogen-bond acceptors (Lipinski definition) is 7. The molecule has 2 atom stereocenters. The lowest BCUT2D eigenvalue weighted by Gasteiger charge is -2.18. The summed E-state index contributed by atoms with van der Waals surface area (Å²) in [5.41, 5.74) is 2.06. The zero-order valence-electron chi connectivity index (χ0n) is 17.5. The van der Waals surface area contributed by atoms with E-state index in [9.17, 15) is 9.18 Å². The van der Waals surface area contributed by atoms with Crippen LogP contribution in [0.5, 0.6) is 0 Å². The molecule has 1 aliphatic rings. The molecule has 160 valence electrons. The molecule has 0 aromatic carbocycles. The molecule has 2 N–H and O–H groups in total. The Hall–Kier alpha value is -3.24. The zero-order valence-corrected chi connectivity index (χ0v) is 17.5. The van der Waals surface area contributed by atoms with Crippen LogP contribution in [0.2, 0.25) is 0 Å². The van der Waals surface area contributed by atoms with Gasteiger partial charge in [-0.25, -0.2) is 9.37 Å². The highest BCUT2D eigenvalue weighted by Crippen LogP contribution is 2.28. The molecule has 3 aromatic rings. The van der Waals surface area contributed by atoms with E-state index in [4.69, 9.17) is 0 Å². The first kappa shape index (κ1) is 20.0. The van der Waals surface area contributed by atoms with Crippen LogP contribution in [-0.2, 0) is 11.8 Å². The maximum Gasteiger partial charge on any atom is 0.229 e. The van der Waals surface area contributed by atoms with Gasteiger partial charge in [-0.1, -0.05) is 6.92 Å². The van der Waals surface area contributed by atoms with Crippen molar-refractivity contribution in [1.29, 1.82) is 0 Å². The second-order valence-electron chi connectivity index (χ2n) is 7.77. The van der Waals surface area contributed by atoms with Gasteiger partial charge >= 0.3 is 0 Å². The molecule has 1 amide bonds. The van der Waals surface area contributed by atoms with Crippen LogP contribution in [0, 0.1) is 0 Å². The van der Waals surface area contributed by atoms with Gasteiger partial charge in [0.1, 0.15) is 6.17 Å². The number of halogens is 1. The summed E-state index contributed by atoms with van der Waals surface area (Å²) >= 11 is 0. The quantitative estimate of drug-likeness (QED) is 0.634. The van der Waals surface area contributed by atoms with E-state index in [1.807, 2.05) is 31.7 Å². The van der Waals surface area contributed by atoms with Gasteiger partial charge in [-0.05, 0) is 13.8 Å². The van der Waals surface area contributed by atoms with Crippen molar-refractivity contribution in [1.82, 2.24) is 34.6 Å². The van der Waals surface area contributed by atoms with Crippen molar-refractivity contribution in [2.24, 2.45) is 7.05 Å².